The number of rotatable bonds is 5. The fourth-order valence-electron chi connectivity index (χ4n) is 0.766. The van der Waals surface area contributed by atoms with E-state index in [4.69, 9.17) is 4.74 Å². The highest BCUT2D eigenvalue weighted by Gasteiger charge is 1.95. The van der Waals surface area contributed by atoms with Crippen LogP contribution in [0.3, 0.4) is 0 Å². The fraction of sp³-hybridized carbons (Fsp3) is 0.500. The van der Waals surface area contributed by atoms with Gasteiger partial charge in [-0.1, -0.05) is 6.92 Å². The number of ether oxygens (including phenoxy) is 1. The van der Waals surface area contributed by atoms with E-state index in [1.54, 1.807) is 12.4 Å². The van der Waals surface area contributed by atoms with Crippen molar-refractivity contribution < 1.29 is 4.74 Å². The quantitative estimate of drug-likeness (QED) is 0.651. The molecular weight excluding hydrogens is 281 g/mol. The highest BCUT2D eigenvalue weighted by atomic mass is 127. The summed E-state index contributed by atoms with van der Waals surface area (Å²) in [5, 5.41) is 3.15. The van der Waals surface area contributed by atoms with Crippen molar-refractivity contribution in [3.05, 3.63) is 16.0 Å². The van der Waals surface area contributed by atoms with Gasteiger partial charge in [0.15, 0.2) is 0 Å². The number of hydrogen-bond acceptors (Lipinski definition) is 4. The molecule has 1 heterocycles. The summed E-state index contributed by atoms with van der Waals surface area (Å²) < 4.78 is 6.29. The average Bonchev–Trinajstić information content (AvgIpc) is 2.15. The summed E-state index contributed by atoms with van der Waals surface area (Å²) >= 11 is 2.15. The normalized spacial score (nSPS) is 10.0. The first-order valence-corrected chi connectivity index (χ1v) is 5.22. The van der Waals surface area contributed by atoms with Crippen LogP contribution < -0.4 is 10.1 Å². The SMILES string of the molecule is CCNCCOc1ncc(I)cn1. The molecule has 1 rings (SSSR count). The van der Waals surface area contributed by atoms with Crippen LogP contribution in [-0.2, 0) is 0 Å². The summed E-state index contributed by atoms with van der Waals surface area (Å²) in [5.41, 5.74) is 0. The van der Waals surface area contributed by atoms with Gasteiger partial charge < -0.3 is 10.1 Å². The van der Waals surface area contributed by atoms with E-state index in [-0.39, 0.29) is 0 Å². The number of likely N-dealkylation sites (N-methyl/N-ethyl adjacent to an activating group) is 1. The van der Waals surface area contributed by atoms with E-state index in [9.17, 15) is 0 Å². The second-order valence-electron chi connectivity index (χ2n) is 2.39. The van der Waals surface area contributed by atoms with Crippen LogP contribution in [0.2, 0.25) is 0 Å². The third-order valence-electron chi connectivity index (χ3n) is 1.36. The maximum absolute atomic E-state index is 5.28. The zero-order valence-corrected chi connectivity index (χ0v) is 9.61. The van der Waals surface area contributed by atoms with E-state index in [1.165, 1.54) is 0 Å². The number of halogens is 1. The Balaban J connectivity index is 2.25. The molecule has 0 bridgehead atoms. The minimum atomic E-state index is 0.443. The van der Waals surface area contributed by atoms with Crippen LogP contribution in [0.5, 0.6) is 6.01 Å². The number of nitrogens with zero attached hydrogens (tertiary/aromatic N) is 2. The van der Waals surface area contributed by atoms with E-state index >= 15 is 0 Å². The van der Waals surface area contributed by atoms with Crippen LogP contribution in [0.25, 0.3) is 0 Å². The third-order valence-corrected chi connectivity index (χ3v) is 1.91. The summed E-state index contributed by atoms with van der Waals surface area (Å²) in [5.74, 6) is 0. The highest BCUT2D eigenvalue weighted by Crippen LogP contribution is 2.03. The number of hydrogen-bond donors (Lipinski definition) is 1. The van der Waals surface area contributed by atoms with Crippen molar-refractivity contribution >= 4 is 22.6 Å². The Morgan fingerprint density at radius 1 is 1.46 bits per heavy atom. The first-order chi connectivity index (χ1) is 6.33. The zero-order valence-electron chi connectivity index (χ0n) is 7.46. The molecule has 4 nitrogen and oxygen atoms in total. The van der Waals surface area contributed by atoms with Gasteiger partial charge in [0.25, 0.3) is 0 Å². The average molecular weight is 293 g/mol. The lowest BCUT2D eigenvalue weighted by Gasteiger charge is -2.03. The maximum atomic E-state index is 5.28. The second-order valence-corrected chi connectivity index (χ2v) is 3.63. The van der Waals surface area contributed by atoms with Gasteiger partial charge in [0.1, 0.15) is 6.61 Å². The van der Waals surface area contributed by atoms with Crippen LogP contribution in [0.1, 0.15) is 6.92 Å². The maximum Gasteiger partial charge on any atom is 0.316 e. The van der Waals surface area contributed by atoms with E-state index in [0.29, 0.717) is 12.6 Å². The van der Waals surface area contributed by atoms with Gasteiger partial charge in [0, 0.05) is 22.5 Å². The Morgan fingerprint density at radius 2 is 2.15 bits per heavy atom. The topological polar surface area (TPSA) is 47.0 Å². The zero-order chi connectivity index (χ0) is 9.52. The predicted octanol–water partition coefficient (Wildman–Crippen LogP) is 1.07. The molecule has 1 aromatic rings. The van der Waals surface area contributed by atoms with Crippen molar-refractivity contribution in [1.82, 2.24) is 15.3 Å². The van der Waals surface area contributed by atoms with Crippen molar-refractivity contribution in [3.8, 4) is 6.01 Å². The monoisotopic (exact) mass is 293 g/mol. The van der Waals surface area contributed by atoms with Gasteiger partial charge in [-0.05, 0) is 29.1 Å². The van der Waals surface area contributed by atoms with E-state index in [1.807, 2.05) is 0 Å². The Bertz CT molecular complexity index is 240. The third kappa shape index (κ3) is 4.37. The lowest BCUT2D eigenvalue weighted by atomic mass is 10.6. The van der Waals surface area contributed by atoms with Crippen molar-refractivity contribution in [2.45, 2.75) is 6.92 Å². The van der Waals surface area contributed by atoms with Gasteiger partial charge in [-0.3, -0.25) is 0 Å². The molecule has 0 aliphatic rings. The molecule has 0 unspecified atom stereocenters. The molecule has 1 N–H and O–H groups in total. The molecule has 0 aliphatic carbocycles. The molecule has 72 valence electrons. The summed E-state index contributed by atoms with van der Waals surface area (Å²) in [6.45, 7) is 4.44. The van der Waals surface area contributed by atoms with Crippen LogP contribution in [0, 0.1) is 3.57 Å². The van der Waals surface area contributed by atoms with Crippen molar-refractivity contribution in [3.63, 3.8) is 0 Å². The van der Waals surface area contributed by atoms with E-state index in [2.05, 4.69) is 44.8 Å². The number of aromatic nitrogens is 2. The summed E-state index contributed by atoms with van der Waals surface area (Å²) in [6, 6.07) is 0.443. The minimum Gasteiger partial charge on any atom is -0.462 e. The molecule has 13 heavy (non-hydrogen) atoms. The molecule has 1 aromatic heterocycles. The summed E-state index contributed by atoms with van der Waals surface area (Å²) in [7, 11) is 0. The van der Waals surface area contributed by atoms with Crippen LogP contribution >= 0.6 is 22.6 Å². The lowest BCUT2D eigenvalue weighted by Crippen LogP contribution is -2.20. The summed E-state index contributed by atoms with van der Waals surface area (Å²) in [6.07, 6.45) is 3.46. The molecular formula is C8H12IN3O. The highest BCUT2D eigenvalue weighted by molar-refractivity contribution is 14.1. The molecule has 0 spiro atoms. The fourth-order valence-corrected chi connectivity index (χ4v) is 1.04. The van der Waals surface area contributed by atoms with Crippen molar-refractivity contribution in [2.24, 2.45) is 0 Å². The Kier molecular flexibility index (Phi) is 4.99. The predicted molar refractivity (Wildman–Crippen MR) is 58.8 cm³/mol. The van der Waals surface area contributed by atoms with E-state index in [0.717, 1.165) is 16.7 Å². The lowest BCUT2D eigenvalue weighted by molar-refractivity contribution is 0.291. The largest absolute Gasteiger partial charge is 0.462 e. The van der Waals surface area contributed by atoms with Gasteiger partial charge in [0.2, 0.25) is 0 Å². The Morgan fingerprint density at radius 3 is 2.77 bits per heavy atom. The Labute approximate surface area is 91.3 Å². The minimum absolute atomic E-state index is 0.443. The standard InChI is InChI=1S/C8H12IN3O/c1-2-10-3-4-13-8-11-5-7(9)6-12-8/h5-6,10H,2-4H2,1H3. The van der Waals surface area contributed by atoms with Gasteiger partial charge in [0.05, 0.1) is 0 Å². The first-order valence-electron chi connectivity index (χ1n) is 4.14. The Hall–Kier alpha value is -0.430. The number of nitrogens with one attached hydrogen (secondary N) is 1. The van der Waals surface area contributed by atoms with Crippen molar-refractivity contribution in [2.75, 3.05) is 19.7 Å². The first kappa shape index (κ1) is 10.6. The molecule has 0 aliphatic heterocycles. The molecule has 0 saturated carbocycles. The second kappa shape index (κ2) is 6.09. The van der Waals surface area contributed by atoms with Gasteiger partial charge in [-0.15, -0.1) is 0 Å². The molecule has 0 atom stereocenters. The van der Waals surface area contributed by atoms with Crippen molar-refractivity contribution in [1.29, 1.82) is 0 Å². The molecule has 5 heteroatoms. The summed E-state index contributed by atoms with van der Waals surface area (Å²) in [4.78, 5) is 8.01. The smallest absolute Gasteiger partial charge is 0.316 e. The van der Waals surface area contributed by atoms with Crippen LogP contribution in [-0.4, -0.2) is 29.7 Å². The van der Waals surface area contributed by atoms with Crippen LogP contribution in [0.15, 0.2) is 12.4 Å². The molecule has 0 radical (unpaired) electrons. The molecule has 0 aromatic carbocycles. The van der Waals surface area contributed by atoms with Crippen LogP contribution in [0.4, 0.5) is 0 Å². The molecule has 0 fully saturated rings. The van der Waals surface area contributed by atoms with Gasteiger partial charge in [-0.2, -0.15) is 0 Å². The van der Waals surface area contributed by atoms with Gasteiger partial charge in [-0.25, -0.2) is 9.97 Å². The van der Waals surface area contributed by atoms with E-state index < -0.39 is 0 Å². The molecule has 0 amide bonds. The molecule has 0 saturated heterocycles. The van der Waals surface area contributed by atoms with Gasteiger partial charge >= 0.3 is 6.01 Å².